The molecule has 71 heavy (non-hydrogen) atoms. The van der Waals surface area contributed by atoms with Crippen molar-refractivity contribution in [3.63, 3.8) is 0 Å². The van der Waals surface area contributed by atoms with Gasteiger partial charge in [0, 0.05) is 0 Å². The first-order valence-electron chi connectivity index (χ1n) is 31.5. The van der Waals surface area contributed by atoms with Crippen LogP contribution >= 0.6 is 26.5 Å². The molecule has 422 valence electrons. The molecule has 0 unspecified atom stereocenters. The summed E-state index contributed by atoms with van der Waals surface area (Å²) in [4.78, 5) is 0. The maximum atomic E-state index is 17.2. The molecule has 0 bridgehead atoms. The van der Waals surface area contributed by atoms with Crippen molar-refractivity contribution < 1.29 is 27.2 Å². The minimum absolute atomic E-state index is 0.406. The van der Waals surface area contributed by atoms with Crippen LogP contribution in [0.15, 0.2) is 0 Å². The summed E-state index contributed by atoms with van der Waals surface area (Å²) < 4.78 is 73.2. The van der Waals surface area contributed by atoms with Gasteiger partial charge in [-0.2, -0.15) is 0 Å². The van der Waals surface area contributed by atoms with Crippen LogP contribution in [0.5, 0.6) is 0 Å². The predicted molar refractivity (Wildman–Crippen MR) is 325 cm³/mol. The molecule has 0 N–H and O–H groups in total. The monoisotopic (exact) mass is 1270 g/mol. The van der Waals surface area contributed by atoms with Crippen LogP contribution in [-0.4, -0.2) is 63.2 Å². The third-order valence-corrected chi connectivity index (χ3v) is 59.0. The molecule has 0 saturated heterocycles. The molecular formula is C60H122O6P2SSn2. The van der Waals surface area contributed by atoms with E-state index in [1.54, 1.807) is 0 Å². The van der Waals surface area contributed by atoms with Crippen LogP contribution in [0.1, 0.15) is 300 Å². The average molecular weight is 1270 g/mol. The number of unbranched alkanes of at least 4 members (excludes halogenated alkanes) is 26. The van der Waals surface area contributed by atoms with E-state index in [9.17, 15) is 0 Å². The van der Waals surface area contributed by atoms with Gasteiger partial charge in [0.15, 0.2) is 0 Å². The van der Waals surface area contributed by atoms with Crippen molar-refractivity contribution >= 4 is 79.7 Å². The Morgan fingerprint density at radius 1 is 0.282 bits per heavy atom. The van der Waals surface area contributed by atoms with E-state index in [-0.39, 0.29) is 0 Å². The molecule has 0 aliphatic heterocycles. The Morgan fingerprint density at radius 3 is 0.662 bits per heavy atom. The third kappa shape index (κ3) is 27.8. The SMILES string of the molecule is CCCCCCCCOP(=O)(OCCCCCCCC)c1[c]([Sn]([CH2]CCC)([CH2]CCC)[CH2]CCC)s[c]([Sn]([CH2]CCC)([CH2]CCC)[CH2]CCC)c1P(=O)(OCCCCCCCC)OCCCCCCCC. The van der Waals surface area contributed by atoms with Crippen LogP contribution in [0.4, 0.5) is 0 Å². The average Bonchev–Trinajstić information content (AvgIpc) is 3.81. The van der Waals surface area contributed by atoms with Crippen molar-refractivity contribution in [1.82, 2.24) is 0 Å². The minimum atomic E-state index is -4.04. The summed E-state index contributed by atoms with van der Waals surface area (Å²) >= 11 is -4.99. The Hall–Kier alpha value is 1.60. The zero-order chi connectivity index (χ0) is 52.4. The van der Waals surface area contributed by atoms with Crippen LogP contribution in [0.3, 0.4) is 0 Å². The second kappa shape index (κ2) is 45.5. The van der Waals surface area contributed by atoms with Crippen LogP contribution in [-0.2, 0) is 27.2 Å². The number of hydrogen-bond donors (Lipinski definition) is 0. The van der Waals surface area contributed by atoms with E-state index in [1.807, 2.05) is 0 Å². The molecule has 1 aromatic heterocycles. The molecule has 0 aliphatic rings. The van der Waals surface area contributed by atoms with Gasteiger partial charge in [0.1, 0.15) is 0 Å². The topological polar surface area (TPSA) is 71.1 Å². The summed E-state index contributed by atoms with van der Waals surface area (Å²) in [6.45, 7) is 24.9. The number of hydrogen-bond acceptors (Lipinski definition) is 7. The van der Waals surface area contributed by atoms with Gasteiger partial charge in [-0.1, -0.05) is 0 Å². The molecule has 0 atom stereocenters. The van der Waals surface area contributed by atoms with Crippen molar-refractivity contribution in [1.29, 1.82) is 0 Å². The van der Waals surface area contributed by atoms with E-state index in [0.29, 0.717) is 26.4 Å². The fraction of sp³-hybridized carbons (Fsp3) is 0.933. The van der Waals surface area contributed by atoms with Crippen molar-refractivity contribution in [2.24, 2.45) is 0 Å². The Bertz CT molecular complexity index is 1280. The van der Waals surface area contributed by atoms with Gasteiger partial charge in [0.05, 0.1) is 0 Å². The first kappa shape index (κ1) is 70.6. The second-order valence-electron chi connectivity index (χ2n) is 22.0. The Kier molecular flexibility index (Phi) is 45.2. The Morgan fingerprint density at radius 2 is 0.465 bits per heavy atom. The van der Waals surface area contributed by atoms with E-state index in [1.165, 1.54) is 174 Å². The summed E-state index contributed by atoms with van der Waals surface area (Å²) in [5.74, 6) is 0. The summed E-state index contributed by atoms with van der Waals surface area (Å²) in [7, 11) is -8.07. The first-order valence-corrected chi connectivity index (χ1v) is 50.4. The van der Waals surface area contributed by atoms with Crippen LogP contribution in [0.25, 0.3) is 0 Å². The molecule has 1 rings (SSSR count). The van der Waals surface area contributed by atoms with Crippen LogP contribution in [0.2, 0.25) is 26.6 Å². The standard InChI is InChI=1S/C36H68O6P2S.6C4H9.2Sn/c1-5-9-13-17-21-25-29-39-43(37,40-30-26-22-18-14-10-6-2)35-33-45-34-36(35)44(38,41-31-27-23-19-15-11-7-3)42-32-28-24-20-16-12-8-4;6*1-3-4-2;;/h5-32H2,1-4H3;6*1,3-4H2,2H3;;. The Balaban J connectivity index is 4.77. The summed E-state index contributed by atoms with van der Waals surface area (Å²) in [5, 5.41) is 1.57. The van der Waals surface area contributed by atoms with Crippen LogP contribution < -0.4 is 16.4 Å². The summed E-state index contributed by atoms with van der Waals surface area (Å²) in [5.41, 5.74) is 0. The van der Waals surface area contributed by atoms with Gasteiger partial charge in [-0.3, -0.25) is 0 Å². The number of thiophene rings is 1. The fourth-order valence-corrected chi connectivity index (χ4v) is 64.6. The number of rotatable bonds is 54. The molecule has 6 nitrogen and oxygen atoms in total. The molecule has 1 heterocycles. The zero-order valence-corrected chi connectivity index (χ0v) is 57.6. The summed E-state index contributed by atoms with van der Waals surface area (Å²) in [6, 6.07) is 0. The molecule has 0 amide bonds. The van der Waals surface area contributed by atoms with E-state index in [0.717, 1.165) is 101 Å². The normalized spacial score (nSPS) is 12.8. The molecule has 0 radical (unpaired) electrons. The third-order valence-electron chi connectivity index (χ3n) is 15.5. The van der Waals surface area contributed by atoms with Crippen LogP contribution in [0, 0.1) is 0 Å². The molecule has 0 aromatic carbocycles. The van der Waals surface area contributed by atoms with E-state index >= 15 is 9.13 Å². The van der Waals surface area contributed by atoms with Crippen molar-refractivity contribution in [3.05, 3.63) is 0 Å². The van der Waals surface area contributed by atoms with Gasteiger partial charge in [0.25, 0.3) is 0 Å². The molecule has 0 saturated carbocycles. The maximum absolute atomic E-state index is 17.2. The van der Waals surface area contributed by atoms with E-state index < -0.39 is 51.9 Å². The Labute approximate surface area is 456 Å². The zero-order valence-electron chi connectivity index (χ0n) is 49.3. The van der Waals surface area contributed by atoms with Gasteiger partial charge in [-0.25, -0.2) is 0 Å². The molecule has 0 fully saturated rings. The van der Waals surface area contributed by atoms with Gasteiger partial charge in [0.2, 0.25) is 0 Å². The van der Waals surface area contributed by atoms with E-state index in [2.05, 4.69) is 80.6 Å². The quantitative estimate of drug-likeness (QED) is 0.0368. The predicted octanol–water partition coefficient (Wildman–Crippen LogP) is 21.0. The molecular weight excluding hydrogens is 1150 g/mol. The second-order valence-corrected chi connectivity index (χ2v) is 55.1. The fourth-order valence-electron chi connectivity index (χ4n) is 10.8. The van der Waals surface area contributed by atoms with Crippen molar-refractivity contribution in [2.75, 3.05) is 26.4 Å². The summed E-state index contributed by atoms with van der Waals surface area (Å²) in [6.07, 6.45) is 41.3. The van der Waals surface area contributed by atoms with E-state index in [4.69, 9.17) is 18.1 Å². The molecule has 0 spiro atoms. The van der Waals surface area contributed by atoms with Gasteiger partial charge >= 0.3 is 460 Å². The first-order chi connectivity index (χ1) is 34.6. The van der Waals surface area contributed by atoms with Gasteiger partial charge in [-0.05, 0) is 0 Å². The van der Waals surface area contributed by atoms with Crippen molar-refractivity contribution in [2.45, 2.75) is 327 Å². The van der Waals surface area contributed by atoms with Gasteiger partial charge in [-0.15, -0.1) is 0 Å². The molecule has 0 aliphatic carbocycles. The molecule has 1 aromatic rings. The molecule has 11 heteroatoms. The van der Waals surface area contributed by atoms with Gasteiger partial charge < -0.3 is 0 Å². The van der Waals surface area contributed by atoms with Crippen molar-refractivity contribution in [3.8, 4) is 0 Å².